The van der Waals surface area contributed by atoms with Gasteiger partial charge in [0.2, 0.25) is 0 Å². The predicted octanol–water partition coefficient (Wildman–Crippen LogP) is 4.93. The van der Waals surface area contributed by atoms with Gasteiger partial charge in [-0.15, -0.1) is 0 Å². The van der Waals surface area contributed by atoms with E-state index >= 15 is 0 Å². The van der Waals surface area contributed by atoms with Gasteiger partial charge in [-0.3, -0.25) is 0 Å². The molecule has 0 atom stereocenters. The second-order valence-electron chi connectivity index (χ2n) is 5.09. The Hall–Kier alpha value is -1.56. The minimum absolute atomic E-state index is 0.530. The van der Waals surface area contributed by atoms with Gasteiger partial charge in [0.15, 0.2) is 16.7 Å². The van der Waals surface area contributed by atoms with Crippen molar-refractivity contribution in [1.29, 1.82) is 0 Å². The van der Waals surface area contributed by atoms with Crippen molar-refractivity contribution < 1.29 is 9.47 Å². The zero-order valence-electron chi connectivity index (χ0n) is 11.9. The first kappa shape index (κ1) is 15.0. The molecule has 0 aliphatic carbocycles. The number of thioether (sulfide) groups is 1. The minimum Gasteiger partial charge on any atom is -0.486 e. The zero-order valence-corrected chi connectivity index (χ0v) is 14.3. The number of halogens is 2. The molecule has 1 aromatic heterocycles. The van der Waals surface area contributed by atoms with E-state index in [0.717, 1.165) is 27.5 Å². The van der Waals surface area contributed by atoms with Crippen molar-refractivity contribution in [3.05, 3.63) is 45.9 Å². The first-order valence-electron chi connectivity index (χ1n) is 7.05. The Morgan fingerprint density at radius 3 is 2.91 bits per heavy atom. The number of H-pyrrole nitrogens is 1. The molecule has 7 heteroatoms. The highest BCUT2D eigenvalue weighted by Gasteiger charge is 2.17. The molecule has 0 saturated carbocycles. The van der Waals surface area contributed by atoms with Crippen LogP contribution in [0.2, 0.25) is 10.0 Å². The van der Waals surface area contributed by atoms with Crippen LogP contribution in [0.4, 0.5) is 0 Å². The first-order valence-corrected chi connectivity index (χ1v) is 8.79. The van der Waals surface area contributed by atoms with Crippen LogP contribution in [-0.2, 0) is 5.75 Å². The molecule has 0 radical (unpaired) electrons. The molecular weight excluding hydrogens is 355 g/mol. The van der Waals surface area contributed by atoms with Crippen molar-refractivity contribution in [3.63, 3.8) is 0 Å². The number of aromatic amines is 1. The molecule has 1 aliphatic heterocycles. The molecule has 3 aromatic rings. The molecule has 0 fully saturated rings. The van der Waals surface area contributed by atoms with Gasteiger partial charge in [0, 0.05) is 10.8 Å². The van der Waals surface area contributed by atoms with Crippen molar-refractivity contribution in [3.8, 4) is 11.5 Å². The van der Waals surface area contributed by atoms with E-state index in [9.17, 15) is 0 Å². The van der Waals surface area contributed by atoms with Crippen LogP contribution in [0, 0.1) is 0 Å². The number of hydrogen-bond acceptors (Lipinski definition) is 4. The molecule has 118 valence electrons. The summed E-state index contributed by atoms with van der Waals surface area (Å²) in [5.41, 5.74) is 2.89. The molecule has 0 unspecified atom stereocenters. The van der Waals surface area contributed by atoms with Gasteiger partial charge in [-0.1, -0.05) is 35.0 Å². The van der Waals surface area contributed by atoms with E-state index in [1.54, 1.807) is 11.8 Å². The third-order valence-electron chi connectivity index (χ3n) is 3.45. The Labute approximate surface area is 147 Å². The molecule has 4 nitrogen and oxygen atoms in total. The summed E-state index contributed by atoms with van der Waals surface area (Å²) < 4.78 is 11.1. The molecule has 0 saturated heterocycles. The molecule has 0 bridgehead atoms. The van der Waals surface area contributed by atoms with E-state index in [1.165, 1.54) is 0 Å². The Kier molecular flexibility index (Phi) is 4.01. The second-order valence-corrected chi connectivity index (χ2v) is 6.90. The summed E-state index contributed by atoms with van der Waals surface area (Å²) in [5, 5.41) is 2.11. The predicted molar refractivity (Wildman–Crippen MR) is 93.1 cm³/mol. The van der Waals surface area contributed by atoms with Crippen molar-refractivity contribution in [2.45, 2.75) is 10.9 Å². The van der Waals surface area contributed by atoms with Crippen LogP contribution in [-0.4, -0.2) is 23.2 Å². The lowest BCUT2D eigenvalue weighted by Gasteiger charge is -2.20. The van der Waals surface area contributed by atoms with Gasteiger partial charge in [-0.2, -0.15) is 0 Å². The fourth-order valence-electron chi connectivity index (χ4n) is 2.43. The van der Waals surface area contributed by atoms with Gasteiger partial charge in [-0.25, -0.2) is 4.98 Å². The highest BCUT2D eigenvalue weighted by Crippen LogP contribution is 2.39. The average molecular weight is 367 g/mol. The Balaban J connectivity index is 1.54. The summed E-state index contributed by atoms with van der Waals surface area (Å²) in [7, 11) is 0. The van der Waals surface area contributed by atoms with E-state index in [-0.39, 0.29) is 0 Å². The smallest absolute Gasteiger partial charge is 0.179 e. The van der Waals surface area contributed by atoms with E-state index in [1.807, 2.05) is 30.3 Å². The van der Waals surface area contributed by atoms with Crippen LogP contribution in [0.3, 0.4) is 0 Å². The maximum Gasteiger partial charge on any atom is 0.179 e. The van der Waals surface area contributed by atoms with Crippen molar-refractivity contribution in [2.24, 2.45) is 0 Å². The van der Waals surface area contributed by atoms with Gasteiger partial charge >= 0.3 is 0 Å². The highest BCUT2D eigenvalue weighted by molar-refractivity contribution is 7.98. The number of nitrogens with zero attached hydrogens (tertiary/aromatic N) is 1. The van der Waals surface area contributed by atoms with Crippen molar-refractivity contribution in [1.82, 2.24) is 9.97 Å². The fraction of sp³-hybridized carbons (Fsp3) is 0.188. The summed E-state index contributed by atoms with van der Waals surface area (Å²) in [6, 6.07) is 9.47. The Morgan fingerprint density at radius 2 is 2.00 bits per heavy atom. The standard InChI is InChI=1S/C16H12Cl2N2O2S/c17-10-1-2-12-13(7-10)20-16(19-12)23-8-9-5-11(18)15-14(6-9)21-3-4-22-15/h1-2,5-7H,3-4,8H2,(H,19,20). The van der Waals surface area contributed by atoms with Crippen LogP contribution < -0.4 is 9.47 Å². The molecule has 0 spiro atoms. The molecule has 0 amide bonds. The zero-order chi connectivity index (χ0) is 15.8. The summed E-state index contributed by atoms with van der Waals surface area (Å²) in [6.07, 6.45) is 0. The lowest BCUT2D eigenvalue weighted by molar-refractivity contribution is 0.171. The van der Waals surface area contributed by atoms with E-state index < -0.39 is 0 Å². The number of aromatic nitrogens is 2. The first-order chi connectivity index (χ1) is 11.2. The lowest BCUT2D eigenvalue weighted by atomic mass is 10.2. The van der Waals surface area contributed by atoms with Crippen molar-refractivity contribution in [2.75, 3.05) is 13.2 Å². The Bertz CT molecular complexity index is 882. The lowest BCUT2D eigenvalue weighted by Crippen LogP contribution is -2.15. The van der Waals surface area contributed by atoms with Crippen LogP contribution in [0.5, 0.6) is 11.5 Å². The summed E-state index contributed by atoms with van der Waals surface area (Å²) in [4.78, 5) is 7.80. The second kappa shape index (κ2) is 6.15. The van der Waals surface area contributed by atoms with E-state index in [2.05, 4.69) is 9.97 Å². The number of hydrogen-bond donors (Lipinski definition) is 1. The number of rotatable bonds is 3. The fourth-order valence-corrected chi connectivity index (χ4v) is 3.70. The normalized spacial score (nSPS) is 13.5. The van der Waals surface area contributed by atoms with Crippen LogP contribution >= 0.6 is 35.0 Å². The number of nitrogens with one attached hydrogen (secondary N) is 1. The van der Waals surface area contributed by atoms with Crippen LogP contribution in [0.1, 0.15) is 5.56 Å². The monoisotopic (exact) mass is 366 g/mol. The highest BCUT2D eigenvalue weighted by atomic mass is 35.5. The van der Waals surface area contributed by atoms with Gasteiger partial charge in [0.1, 0.15) is 13.2 Å². The SMILES string of the molecule is Clc1ccc2nc(SCc3cc(Cl)c4c(c3)OCCO4)[nH]c2c1. The molecule has 4 rings (SSSR count). The van der Waals surface area contributed by atoms with Crippen molar-refractivity contribution >= 4 is 46.0 Å². The third kappa shape index (κ3) is 3.09. The minimum atomic E-state index is 0.530. The summed E-state index contributed by atoms with van der Waals surface area (Å²) in [6.45, 7) is 1.08. The summed E-state index contributed by atoms with van der Waals surface area (Å²) in [5.74, 6) is 2.06. The number of ether oxygens (including phenoxy) is 2. The molecule has 23 heavy (non-hydrogen) atoms. The van der Waals surface area contributed by atoms with Gasteiger partial charge in [-0.05, 0) is 35.9 Å². The molecular formula is C16H12Cl2N2O2S. The third-order valence-corrected chi connectivity index (χ3v) is 4.91. The number of benzene rings is 2. The van der Waals surface area contributed by atoms with E-state index in [0.29, 0.717) is 34.8 Å². The van der Waals surface area contributed by atoms with Gasteiger partial charge in [0.25, 0.3) is 0 Å². The summed E-state index contributed by atoms with van der Waals surface area (Å²) >= 11 is 13.8. The van der Waals surface area contributed by atoms with Gasteiger partial charge < -0.3 is 14.5 Å². The molecule has 1 aliphatic rings. The molecule has 1 N–H and O–H groups in total. The van der Waals surface area contributed by atoms with E-state index in [4.69, 9.17) is 32.7 Å². The maximum atomic E-state index is 6.26. The Morgan fingerprint density at radius 1 is 1.13 bits per heavy atom. The topological polar surface area (TPSA) is 47.1 Å². The van der Waals surface area contributed by atoms with Gasteiger partial charge in [0.05, 0.1) is 16.1 Å². The number of fused-ring (bicyclic) bond motifs is 2. The molecule has 2 heterocycles. The van der Waals surface area contributed by atoms with Crippen LogP contribution in [0.15, 0.2) is 35.5 Å². The largest absolute Gasteiger partial charge is 0.486 e. The quantitative estimate of drug-likeness (QED) is 0.667. The molecule has 2 aromatic carbocycles. The average Bonchev–Trinajstić information content (AvgIpc) is 2.95. The maximum absolute atomic E-state index is 6.26. The van der Waals surface area contributed by atoms with Crippen LogP contribution in [0.25, 0.3) is 11.0 Å². The number of imidazole rings is 1.